The van der Waals surface area contributed by atoms with Gasteiger partial charge in [-0.2, -0.15) is 13.2 Å². The first-order valence-corrected chi connectivity index (χ1v) is 10.4. The van der Waals surface area contributed by atoms with Crippen LogP contribution < -0.4 is 5.73 Å². The molecule has 182 valence electrons. The molecule has 3 N–H and O–H groups in total. The molecule has 1 fully saturated rings. The van der Waals surface area contributed by atoms with E-state index in [1.54, 1.807) is 7.11 Å². The van der Waals surface area contributed by atoms with Crippen molar-refractivity contribution in [1.82, 2.24) is 0 Å². The summed E-state index contributed by atoms with van der Waals surface area (Å²) in [6.45, 7) is 5.17. The van der Waals surface area contributed by atoms with Crippen molar-refractivity contribution in [3.63, 3.8) is 0 Å². The fourth-order valence-electron chi connectivity index (χ4n) is 3.25. The molecular weight excluding hydrogens is 431 g/mol. The largest absolute Gasteiger partial charge is 0.490 e. The molecule has 0 bridgehead atoms. The van der Waals surface area contributed by atoms with Crippen molar-refractivity contribution in [3.05, 3.63) is 35.4 Å². The Balaban J connectivity index is 0.000000633. The molecule has 0 saturated carbocycles. The third-order valence-corrected chi connectivity index (χ3v) is 4.98. The van der Waals surface area contributed by atoms with Gasteiger partial charge in [0.15, 0.2) is 6.10 Å². The second-order valence-electron chi connectivity index (χ2n) is 7.70. The Morgan fingerprint density at radius 2 is 1.72 bits per heavy atom. The lowest BCUT2D eigenvalue weighted by molar-refractivity contribution is -0.192. The predicted octanol–water partition coefficient (Wildman–Crippen LogP) is 3.13. The van der Waals surface area contributed by atoms with Crippen LogP contribution in [0.25, 0.3) is 0 Å². The van der Waals surface area contributed by atoms with Crippen molar-refractivity contribution in [2.24, 2.45) is 11.7 Å². The van der Waals surface area contributed by atoms with Crippen molar-refractivity contribution in [2.45, 2.75) is 64.0 Å². The third kappa shape index (κ3) is 9.54. The molecule has 7 nitrogen and oxygen atoms in total. The van der Waals surface area contributed by atoms with Crippen LogP contribution in [0.15, 0.2) is 24.3 Å². The van der Waals surface area contributed by atoms with Gasteiger partial charge in [-0.25, -0.2) is 4.79 Å². The molecule has 1 saturated heterocycles. The molecule has 0 radical (unpaired) electrons. The Morgan fingerprint density at radius 1 is 1.19 bits per heavy atom. The summed E-state index contributed by atoms with van der Waals surface area (Å²) < 4.78 is 48.2. The molecule has 1 aromatic rings. The number of esters is 1. The molecule has 4 atom stereocenters. The second kappa shape index (κ2) is 13.4. The summed E-state index contributed by atoms with van der Waals surface area (Å²) in [5.74, 6) is -2.95. The monoisotopic (exact) mass is 463 g/mol. The topological polar surface area (TPSA) is 108 Å². The SMILES string of the molecule is CCCc1ccc(CC[C@H](N)C(=O)O[C@@H]2COC[C@@H](C)[C@@H]2OC)cc1.O=C(O)C(F)(F)F. The first kappa shape index (κ1) is 27.9. The zero-order chi connectivity index (χ0) is 24.3. The maximum atomic E-state index is 12.3. The Kier molecular flexibility index (Phi) is 11.7. The lowest BCUT2D eigenvalue weighted by Gasteiger charge is -2.35. The lowest BCUT2D eigenvalue weighted by Crippen LogP contribution is -2.48. The van der Waals surface area contributed by atoms with Gasteiger partial charge in [-0.1, -0.05) is 44.5 Å². The molecule has 1 heterocycles. The van der Waals surface area contributed by atoms with Crippen molar-refractivity contribution < 1.29 is 42.1 Å². The minimum absolute atomic E-state index is 0.143. The molecule has 1 aliphatic rings. The molecule has 0 aliphatic carbocycles. The standard InChI is InChI=1S/C20H31NO4.C2HF3O2/c1-4-5-15-6-8-16(9-7-15)10-11-17(21)20(22)25-18-13-24-12-14(2)19(18)23-3;3-2(4,5)1(6)7/h6-9,14,17-19H,4-5,10-13,21H2,1-3H3;(H,6,7)/t14-,17+,18-,19+;/m1./s1. The molecule has 0 unspecified atom stereocenters. The van der Waals surface area contributed by atoms with E-state index in [9.17, 15) is 18.0 Å². The number of methoxy groups -OCH3 is 1. The van der Waals surface area contributed by atoms with Crippen LogP contribution in [0.1, 0.15) is 37.8 Å². The quantitative estimate of drug-likeness (QED) is 0.570. The number of halogens is 3. The molecule has 32 heavy (non-hydrogen) atoms. The van der Waals surface area contributed by atoms with Gasteiger partial charge < -0.3 is 25.1 Å². The highest BCUT2D eigenvalue weighted by atomic mass is 19.4. The molecule has 0 spiro atoms. The third-order valence-electron chi connectivity index (χ3n) is 4.98. The number of benzene rings is 1. The maximum Gasteiger partial charge on any atom is 0.490 e. The zero-order valence-corrected chi connectivity index (χ0v) is 18.6. The minimum atomic E-state index is -5.08. The number of hydrogen-bond donors (Lipinski definition) is 2. The van der Waals surface area contributed by atoms with Gasteiger partial charge in [0.1, 0.15) is 12.1 Å². The number of aliphatic carboxylic acids is 1. The molecule has 1 aromatic carbocycles. The van der Waals surface area contributed by atoms with Gasteiger partial charge in [0, 0.05) is 13.0 Å². The van der Waals surface area contributed by atoms with Crippen LogP contribution in [-0.4, -0.2) is 61.8 Å². The van der Waals surface area contributed by atoms with E-state index in [0.717, 1.165) is 19.3 Å². The molecule has 2 rings (SSSR count). The van der Waals surface area contributed by atoms with Crippen LogP contribution in [-0.2, 0) is 36.6 Å². The average molecular weight is 463 g/mol. The van der Waals surface area contributed by atoms with E-state index in [0.29, 0.717) is 19.6 Å². The van der Waals surface area contributed by atoms with Gasteiger partial charge >= 0.3 is 18.1 Å². The summed E-state index contributed by atoms with van der Waals surface area (Å²) >= 11 is 0. The Bertz CT molecular complexity index is 711. The molecular formula is C22H32F3NO6. The number of aryl methyl sites for hydroxylation is 2. The lowest BCUT2D eigenvalue weighted by atomic mass is 9.98. The summed E-state index contributed by atoms with van der Waals surface area (Å²) in [7, 11) is 1.63. The highest BCUT2D eigenvalue weighted by molar-refractivity contribution is 5.75. The Morgan fingerprint density at radius 3 is 2.19 bits per heavy atom. The smallest absolute Gasteiger partial charge is 0.475 e. The second-order valence-corrected chi connectivity index (χ2v) is 7.70. The normalized spacial score (nSPS) is 21.8. The van der Waals surface area contributed by atoms with Crippen LogP contribution in [0.2, 0.25) is 0 Å². The van der Waals surface area contributed by atoms with Gasteiger partial charge in [0.2, 0.25) is 0 Å². The van der Waals surface area contributed by atoms with E-state index in [1.165, 1.54) is 11.1 Å². The number of rotatable bonds is 8. The number of carboxylic acid groups (broad SMARTS) is 1. The first-order chi connectivity index (χ1) is 15.0. The molecule has 1 aliphatic heterocycles. The number of ether oxygens (including phenoxy) is 3. The number of carbonyl (C=O) groups excluding carboxylic acids is 1. The number of hydrogen-bond acceptors (Lipinski definition) is 6. The summed E-state index contributed by atoms with van der Waals surface area (Å²) in [5, 5.41) is 7.12. The van der Waals surface area contributed by atoms with Crippen LogP contribution in [0.4, 0.5) is 13.2 Å². The number of carboxylic acids is 1. The summed E-state index contributed by atoms with van der Waals surface area (Å²) in [6, 6.07) is 7.88. The van der Waals surface area contributed by atoms with Gasteiger partial charge in [-0.15, -0.1) is 0 Å². The zero-order valence-electron chi connectivity index (χ0n) is 18.6. The Labute approximate surface area is 186 Å². The van der Waals surface area contributed by atoms with Crippen molar-refractivity contribution in [1.29, 1.82) is 0 Å². The van der Waals surface area contributed by atoms with Gasteiger partial charge in [-0.3, -0.25) is 4.79 Å². The van der Waals surface area contributed by atoms with Gasteiger partial charge in [0.05, 0.1) is 13.2 Å². The van der Waals surface area contributed by atoms with Crippen LogP contribution in [0.5, 0.6) is 0 Å². The van der Waals surface area contributed by atoms with Gasteiger partial charge in [-0.05, 0) is 30.4 Å². The van der Waals surface area contributed by atoms with Gasteiger partial charge in [0.25, 0.3) is 0 Å². The van der Waals surface area contributed by atoms with E-state index >= 15 is 0 Å². The first-order valence-electron chi connectivity index (χ1n) is 10.4. The fraction of sp³-hybridized carbons (Fsp3) is 0.636. The summed E-state index contributed by atoms with van der Waals surface area (Å²) in [5.41, 5.74) is 8.55. The minimum Gasteiger partial charge on any atom is -0.475 e. The number of carbonyl (C=O) groups is 2. The summed E-state index contributed by atoms with van der Waals surface area (Å²) in [6.07, 6.45) is -2.06. The van der Waals surface area contributed by atoms with Crippen molar-refractivity contribution in [2.75, 3.05) is 20.3 Å². The van der Waals surface area contributed by atoms with Crippen LogP contribution in [0.3, 0.4) is 0 Å². The summed E-state index contributed by atoms with van der Waals surface area (Å²) in [4.78, 5) is 21.2. The molecule has 0 aromatic heterocycles. The molecule has 0 amide bonds. The van der Waals surface area contributed by atoms with E-state index in [-0.39, 0.29) is 24.1 Å². The fourth-order valence-corrected chi connectivity index (χ4v) is 3.25. The predicted molar refractivity (Wildman–Crippen MR) is 111 cm³/mol. The van der Waals surface area contributed by atoms with E-state index in [4.69, 9.17) is 29.8 Å². The van der Waals surface area contributed by atoms with E-state index in [1.807, 2.05) is 6.92 Å². The maximum absolute atomic E-state index is 12.3. The van der Waals surface area contributed by atoms with E-state index in [2.05, 4.69) is 31.2 Å². The van der Waals surface area contributed by atoms with Crippen molar-refractivity contribution in [3.8, 4) is 0 Å². The van der Waals surface area contributed by atoms with Crippen LogP contribution >= 0.6 is 0 Å². The molecule has 10 heteroatoms. The number of alkyl halides is 3. The van der Waals surface area contributed by atoms with E-state index < -0.39 is 18.2 Å². The highest BCUT2D eigenvalue weighted by Gasteiger charge is 2.38. The van der Waals surface area contributed by atoms with Crippen LogP contribution in [0, 0.1) is 5.92 Å². The average Bonchev–Trinajstić information content (AvgIpc) is 2.73. The van der Waals surface area contributed by atoms with Crippen molar-refractivity contribution >= 4 is 11.9 Å². The Hall–Kier alpha value is -2.17. The highest BCUT2D eigenvalue weighted by Crippen LogP contribution is 2.21. The number of nitrogens with two attached hydrogens (primary N) is 1.